The fraction of sp³-hybridized carbons (Fsp3) is 0.103. The van der Waals surface area contributed by atoms with Crippen LogP contribution in [0.4, 0.5) is 5.69 Å². The maximum Gasteiger partial charge on any atom is 0.272 e. The molecular weight excluding hydrogens is 609 g/mol. The van der Waals surface area contributed by atoms with E-state index in [0.717, 1.165) is 11.3 Å². The molecule has 1 aliphatic rings. The minimum atomic E-state index is -0.501. The minimum absolute atomic E-state index is 0.0487. The molecule has 5 aromatic carbocycles. The first-order valence-corrected chi connectivity index (χ1v) is 16.0. The molecule has 234 valence electrons. The SMILES string of the molecule is COc1ccc(/C=C(\NC(=O)c2ccccc2)C(=O)Nc2ccc(SCC(=O)c3ccc4c(c3)Cc3ccccc3-4)cc2)cc1OC. The topological polar surface area (TPSA) is 93.7 Å². The molecule has 0 saturated heterocycles. The van der Waals surface area contributed by atoms with Gasteiger partial charge in [0.05, 0.1) is 20.0 Å². The van der Waals surface area contributed by atoms with Crippen LogP contribution >= 0.6 is 11.8 Å². The van der Waals surface area contributed by atoms with Crippen LogP contribution in [0.2, 0.25) is 0 Å². The zero-order valence-electron chi connectivity index (χ0n) is 25.9. The van der Waals surface area contributed by atoms with Crippen molar-refractivity contribution in [1.29, 1.82) is 0 Å². The molecule has 6 rings (SSSR count). The van der Waals surface area contributed by atoms with Crippen LogP contribution < -0.4 is 20.1 Å². The number of methoxy groups -OCH3 is 2. The third kappa shape index (κ3) is 7.29. The van der Waals surface area contributed by atoms with Gasteiger partial charge in [0, 0.05) is 21.7 Å². The van der Waals surface area contributed by atoms with E-state index in [4.69, 9.17) is 9.47 Å². The second kappa shape index (κ2) is 14.2. The molecule has 7 nitrogen and oxygen atoms in total. The molecule has 1 aliphatic carbocycles. The van der Waals surface area contributed by atoms with Crippen LogP contribution in [0.1, 0.15) is 37.4 Å². The summed E-state index contributed by atoms with van der Waals surface area (Å²) >= 11 is 1.44. The summed E-state index contributed by atoms with van der Waals surface area (Å²) in [7, 11) is 3.07. The molecule has 0 aliphatic heterocycles. The van der Waals surface area contributed by atoms with Crippen molar-refractivity contribution >= 4 is 41.1 Å². The molecule has 0 bridgehead atoms. The summed E-state index contributed by atoms with van der Waals surface area (Å²) < 4.78 is 10.7. The lowest BCUT2D eigenvalue weighted by atomic mass is 10.0. The zero-order chi connectivity index (χ0) is 32.8. The van der Waals surface area contributed by atoms with Gasteiger partial charge in [-0.25, -0.2) is 0 Å². The number of Topliss-reactive ketones (excluding diaryl/α,β-unsaturated/α-hetero) is 1. The number of carbonyl (C=O) groups is 3. The average Bonchev–Trinajstić information content (AvgIpc) is 3.49. The minimum Gasteiger partial charge on any atom is -0.493 e. The van der Waals surface area contributed by atoms with Crippen molar-refractivity contribution in [3.05, 3.63) is 149 Å². The molecule has 0 atom stereocenters. The second-order valence-electron chi connectivity index (χ2n) is 10.9. The summed E-state index contributed by atoms with van der Waals surface area (Å²) in [6, 6.07) is 35.4. The van der Waals surface area contributed by atoms with Crippen molar-refractivity contribution in [3.8, 4) is 22.6 Å². The number of benzene rings is 5. The van der Waals surface area contributed by atoms with E-state index in [0.29, 0.717) is 39.6 Å². The van der Waals surface area contributed by atoms with Gasteiger partial charge in [0.25, 0.3) is 11.8 Å². The van der Waals surface area contributed by atoms with Crippen molar-refractivity contribution in [3.63, 3.8) is 0 Å². The fourth-order valence-corrected chi connectivity index (χ4v) is 6.23. The highest BCUT2D eigenvalue weighted by atomic mass is 32.2. The average molecular weight is 641 g/mol. The Balaban J connectivity index is 1.12. The van der Waals surface area contributed by atoms with Gasteiger partial charge in [0.2, 0.25) is 0 Å². The standard InChI is InChI=1S/C39H32N2O5S/c1-45-36-19-12-25(21-37(36)46-2)20-34(41-38(43)26-8-4-3-5-9-26)39(44)40-30-14-16-31(17-15-30)47-24-35(42)28-13-18-33-29(23-28)22-27-10-6-7-11-32(27)33/h3-21,23H,22,24H2,1-2H3,(H,40,44)(H,41,43)/b34-20-. The van der Waals surface area contributed by atoms with Gasteiger partial charge in [-0.15, -0.1) is 11.8 Å². The number of carbonyl (C=O) groups excluding carboxylic acids is 3. The lowest BCUT2D eigenvalue weighted by molar-refractivity contribution is -0.113. The third-order valence-corrected chi connectivity index (χ3v) is 8.86. The highest BCUT2D eigenvalue weighted by molar-refractivity contribution is 8.00. The smallest absolute Gasteiger partial charge is 0.272 e. The number of rotatable bonds is 11. The maximum atomic E-state index is 13.5. The van der Waals surface area contributed by atoms with E-state index in [1.807, 2.05) is 48.5 Å². The summed E-state index contributed by atoms with van der Waals surface area (Å²) in [6.45, 7) is 0. The number of ether oxygens (including phenoxy) is 2. The van der Waals surface area contributed by atoms with Crippen molar-refractivity contribution in [2.24, 2.45) is 0 Å². The van der Waals surface area contributed by atoms with E-state index in [1.54, 1.807) is 67.8 Å². The lowest BCUT2D eigenvalue weighted by Crippen LogP contribution is -2.30. The van der Waals surface area contributed by atoms with E-state index in [-0.39, 0.29) is 11.5 Å². The molecule has 0 heterocycles. The summed E-state index contributed by atoms with van der Waals surface area (Å²) in [6.07, 6.45) is 2.42. The summed E-state index contributed by atoms with van der Waals surface area (Å²) in [5.41, 5.74) is 7.25. The zero-order valence-corrected chi connectivity index (χ0v) is 26.7. The maximum absolute atomic E-state index is 13.5. The van der Waals surface area contributed by atoms with Gasteiger partial charge in [0.1, 0.15) is 5.70 Å². The Kier molecular flexibility index (Phi) is 9.50. The van der Waals surface area contributed by atoms with E-state index in [9.17, 15) is 14.4 Å². The summed E-state index contributed by atoms with van der Waals surface area (Å²) in [5.74, 6) is 0.465. The van der Waals surface area contributed by atoms with Crippen LogP contribution in [-0.4, -0.2) is 37.6 Å². The van der Waals surface area contributed by atoms with Crippen LogP contribution in [0, 0.1) is 0 Å². The highest BCUT2D eigenvalue weighted by Gasteiger charge is 2.20. The number of amides is 2. The van der Waals surface area contributed by atoms with Crippen LogP contribution in [0.15, 0.2) is 126 Å². The normalized spacial score (nSPS) is 11.7. The number of thioether (sulfide) groups is 1. The van der Waals surface area contributed by atoms with Gasteiger partial charge in [-0.1, -0.05) is 60.7 Å². The molecule has 0 saturated carbocycles. The molecule has 2 amide bonds. The monoisotopic (exact) mass is 640 g/mol. The Hall–Kier alpha value is -5.60. The van der Waals surface area contributed by atoms with E-state index < -0.39 is 11.8 Å². The van der Waals surface area contributed by atoms with Crippen molar-refractivity contribution in [2.75, 3.05) is 25.3 Å². The van der Waals surface area contributed by atoms with Gasteiger partial charge in [0.15, 0.2) is 17.3 Å². The van der Waals surface area contributed by atoms with Crippen molar-refractivity contribution < 1.29 is 23.9 Å². The fourth-order valence-electron chi connectivity index (χ4n) is 5.44. The number of nitrogens with one attached hydrogen (secondary N) is 2. The molecule has 0 spiro atoms. The van der Waals surface area contributed by atoms with Crippen LogP contribution in [0.3, 0.4) is 0 Å². The van der Waals surface area contributed by atoms with Crippen LogP contribution in [-0.2, 0) is 11.2 Å². The van der Waals surface area contributed by atoms with Crippen LogP contribution in [0.25, 0.3) is 17.2 Å². The predicted octanol–water partition coefficient (Wildman–Crippen LogP) is 7.66. The Morgan fingerprint density at radius 3 is 2.21 bits per heavy atom. The quantitative estimate of drug-likeness (QED) is 0.0858. The van der Waals surface area contributed by atoms with Gasteiger partial charge < -0.3 is 20.1 Å². The largest absolute Gasteiger partial charge is 0.493 e. The molecular formula is C39H32N2O5S. The molecule has 2 N–H and O–H groups in total. The van der Waals surface area contributed by atoms with Crippen molar-refractivity contribution in [1.82, 2.24) is 5.32 Å². The third-order valence-electron chi connectivity index (χ3n) is 7.85. The number of fused-ring (bicyclic) bond motifs is 3. The molecule has 0 unspecified atom stereocenters. The summed E-state index contributed by atoms with van der Waals surface area (Å²) in [4.78, 5) is 40.4. The van der Waals surface area contributed by atoms with Gasteiger partial charge >= 0.3 is 0 Å². The predicted molar refractivity (Wildman–Crippen MR) is 186 cm³/mol. The van der Waals surface area contributed by atoms with E-state index in [2.05, 4.69) is 22.8 Å². The van der Waals surface area contributed by atoms with E-state index in [1.165, 1.54) is 41.1 Å². The summed E-state index contributed by atoms with van der Waals surface area (Å²) in [5, 5.41) is 5.61. The van der Waals surface area contributed by atoms with Gasteiger partial charge in [-0.05, 0) is 94.9 Å². The Bertz CT molecular complexity index is 1990. The molecule has 0 radical (unpaired) electrons. The number of hydrogen-bond donors (Lipinski definition) is 2. The first-order chi connectivity index (χ1) is 22.9. The number of ketones is 1. The molecule has 0 fully saturated rings. The van der Waals surface area contributed by atoms with Gasteiger partial charge in [-0.2, -0.15) is 0 Å². The van der Waals surface area contributed by atoms with E-state index >= 15 is 0 Å². The molecule has 5 aromatic rings. The van der Waals surface area contributed by atoms with Gasteiger partial charge in [-0.3, -0.25) is 14.4 Å². The molecule has 8 heteroatoms. The molecule has 47 heavy (non-hydrogen) atoms. The highest BCUT2D eigenvalue weighted by Crippen LogP contribution is 2.37. The van der Waals surface area contributed by atoms with Crippen LogP contribution in [0.5, 0.6) is 11.5 Å². The lowest BCUT2D eigenvalue weighted by Gasteiger charge is -2.13. The Morgan fingerprint density at radius 2 is 1.45 bits per heavy atom. The number of anilines is 1. The Morgan fingerprint density at radius 1 is 0.723 bits per heavy atom. The first kappa shape index (κ1) is 31.4. The Labute approximate surface area is 277 Å². The first-order valence-electron chi connectivity index (χ1n) is 15.0. The van der Waals surface area contributed by atoms with Crippen molar-refractivity contribution in [2.45, 2.75) is 11.3 Å². The number of hydrogen-bond acceptors (Lipinski definition) is 6. The second-order valence-corrected chi connectivity index (χ2v) is 11.9. The molecule has 0 aromatic heterocycles.